The molecule has 0 radical (unpaired) electrons. The van der Waals surface area contributed by atoms with Crippen molar-refractivity contribution in [1.82, 2.24) is 5.32 Å². The van der Waals surface area contributed by atoms with Gasteiger partial charge in [0.2, 0.25) is 5.91 Å². The lowest BCUT2D eigenvalue weighted by atomic mass is 10.0. The lowest BCUT2D eigenvalue weighted by Crippen LogP contribution is -2.45. The second-order valence-electron chi connectivity index (χ2n) is 16.2. The van der Waals surface area contributed by atoms with Gasteiger partial charge in [-0.05, 0) is 51.4 Å². The van der Waals surface area contributed by atoms with Crippen molar-refractivity contribution in [2.75, 3.05) is 6.61 Å². The summed E-state index contributed by atoms with van der Waals surface area (Å²) in [5.41, 5.74) is 0. The summed E-state index contributed by atoms with van der Waals surface area (Å²) < 4.78 is 0. The van der Waals surface area contributed by atoms with Crippen molar-refractivity contribution in [1.29, 1.82) is 0 Å². The molecule has 312 valence electrons. The van der Waals surface area contributed by atoms with E-state index < -0.39 is 12.1 Å². The van der Waals surface area contributed by atoms with Gasteiger partial charge >= 0.3 is 0 Å². The molecule has 0 aliphatic carbocycles. The summed E-state index contributed by atoms with van der Waals surface area (Å²) in [6.45, 7) is 4.31. The second kappa shape index (κ2) is 45.0. The number of rotatable bonds is 43. The molecule has 1 amide bonds. The van der Waals surface area contributed by atoms with Gasteiger partial charge in [-0.1, -0.05) is 230 Å². The van der Waals surface area contributed by atoms with Crippen molar-refractivity contribution in [2.24, 2.45) is 0 Å². The molecular weight excluding hydrogens is 651 g/mol. The van der Waals surface area contributed by atoms with E-state index in [-0.39, 0.29) is 12.5 Å². The Morgan fingerprint density at radius 3 is 1.13 bits per heavy atom. The highest BCUT2D eigenvalue weighted by atomic mass is 16.3. The molecule has 0 aliphatic rings. The summed E-state index contributed by atoms with van der Waals surface area (Å²) in [6, 6.07) is -0.620. The van der Waals surface area contributed by atoms with E-state index in [0.29, 0.717) is 6.42 Å². The third-order valence-corrected chi connectivity index (χ3v) is 10.9. The zero-order valence-electron chi connectivity index (χ0n) is 35.8. The van der Waals surface area contributed by atoms with Crippen molar-refractivity contribution in [2.45, 2.75) is 264 Å². The van der Waals surface area contributed by atoms with Gasteiger partial charge in [0.05, 0.1) is 18.8 Å². The Morgan fingerprint density at radius 1 is 0.453 bits per heavy atom. The van der Waals surface area contributed by atoms with Gasteiger partial charge in [0.1, 0.15) is 0 Å². The maximum Gasteiger partial charge on any atom is 0.220 e. The Morgan fingerprint density at radius 2 is 0.774 bits per heavy atom. The number of hydrogen-bond donors (Lipinski definition) is 3. The van der Waals surface area contributed by atoms with Gasteiger partial charge in [0, 0.05) is 6.42 Å². The molecule has 4 heteroatoms. The number of carbonyl (C=O) groups is 1. The van der Waals surface area contributed by atoms with Crippen LogP contribution in [0.4, 0.5) is 0 Å². The monoisotopic (exact) mass is 744 g/mol. The average molecular weight is 744 g/mol. The van der Waals surface area contributed by atoms with Crippen LogP contribution in [0, 0.1) is 0 Å². The quantitative estimate of drug-likeness (QED) is 0.0430. The maximum absolute atomic E-state index is 12.4. The first kappa shape index (κ1) is 51.6. The van der Waals surface area contributed by atoms with E-state index in [1.807, 2.05) is 6.08 Å². The third kappa shape index (κ3) is 41.6. The molecule has 53 heavy (non-hydrogen) atoms. The molecule has 0 heterocycles. The van der Waals surface area contributed by atoms with Gasteiger partial charge < -0.3 is 15.5 Å². The van der Waals surface area contributed by atoms with E-state index in [9.17, 15) is 15.0 Å². The van der Waals surface area contributed by atoms with Crippen LogP contribution in [0.25, 0.3) is 0 Å². The maximum atomic E-state index is 12.4. The van der Waals surface area contributed by atoms with Crippen LogP contribution in [0.1, 0.15) is 251 Å². The fourth-order valence-electron chi connectivity index (χ4n) is 7.21. The SMILES string of the molecule is CCCCCCC/C=C\C/C=C\CCCCCCCCCCCCCCCCCC(=O)NC(CO)C(O)/C=C/CCCCCCCCCCCCCC. The molecule has 2 atom stereocenters. The van der Waals surface area contributed by atoms with Crippen LogP contribution in [0.2, 0.25) is 0 Å². The summed E-state index contributed by atoms with van der Waals surface area (Å²) in [5, 5.41) is 23.0. The van der Waals surface area contributed by atoms with E-state index in [1.54, 1.807) is 6.08 Å². The number of amides is 1. The van der Waals surface area contributed by atoms with Crippen LogP contribution >= 0.6 is 0 Å². The Bertz CT molecular complexity index is 806. The summed E-state index contributed by atoms with van der Waals surface area (Å²) in [7, 11) is 0. The zero-order valence-corrected chi connectivity index (χ0v) is 35.8. The fourth-order valence-corrected chi connectivity index (χ4v) is 7.21. The molecule has 0 aromatic rings. The first-order valence-electron chi connectivity index (χ1n) is 23.7. The van der Waals surface area contributed by atoms with E-state index in [1.165, 1.54) is 199 Å². The Balaban J connectivity index is 3.50. The lowest BCUT2D eigenvalue weighted by Gasteiger charge is -2.20. The second-order valence-corrected chi connectivity index (χ2v) is 16.2. The predicted octanol–water partition coefficient (Wildman–Crippen LogP) is 15.0. The summed E-state index contributed by atoms with van der Waals surface area (Å²) in [6.07, 6.45) is 59.8. The van der Waals surface area contributed by atoms with Gasteiger partial charge in [-0.3, -0.25) is 4.79 Å². The van der Waals surface area contributed by atoms with Crippen molar-refractivity contribution < 1.29 is 15.0 Å². The molecule has 0 fully saturated rings. The Labute approximate surface area is 331 Å². The predicted molar refractivity (Wildman–Crippen MR) is 235 cm³/mol. The van der Waals surface area contributed by atoms with E-state index in [2.05, 4.69) is 43.5 Å². The molecule has 0 aliphatic heterocycles. The number of hydrogen-bond acceptors (Lipinski definition) is 3. The van der Waals surface area contributed by atoms with Crippen molar-refractivity contribution in [3.05, 3.63) is 36.5 Å². The molecule has 0 saturated carbocycles. The number of nitrogens with one attached hydrogen (secondary N) is 1. The minimum absolute atomic E-state index is 0.0629. The van der Waals surface area contributed by atoms with E-state index in [0.717, 1.165) is 32.1 Å². The molecule has 0 rings (SSSR count). The molecule has 4 nitrogen and oxygen atoms in total. The highest BCUT2D eigenvalue weighted by Gasteiger charge is 2.17. The van der Waals surface area contributed by atoms with Crippen LogP contribution < -0.4 is 5.32 Å². The van der Waals surface area contributed by atoms with Crippen LogP contribution in [0.3, 0.4) is 0 Å². The molecule has 2 unspecified atom stereocenters. The summed E-state index contributed by atoms with van der Waals surface area (Å²) >= 11 is 0. The molecule has 0 spiro atoms. The zero-order chi connectivity index (χ0) is 38.6. The molecule has 0 saturated heterocycles. The first-order valence-corrected chi connectivity index (χ1v) is 23.7. The standard InChI is InChI=1S/C49H93NO3/c1-3-5-7-9-11-13-15-17-19-20-21-22-23-24-25-26-27-28-29-30-31-33-35-37-39-41-43-45-49(53)50-47(46-51)48(52)44-42-40-38-36-34-32-18-16-14-12-10-8-6-4-2/h15,17,20-21,42,44,47-48,51-52H,3-14,16,18-19,22-41,43,45-46H2,1-2H3,(H,50,53)/b17-15-,21-20-,44-42+. The van der Waals surface area contributed by atoms with Crippen LogP contribution in [0.5, 0.6) is 0 Å². The highest BCUT2D eigenvalue weighted by molar-refractivity contribution is 5.76. The topological polar surface area (TPSA) is 69.6 Å². The Hall–Kier alpha value is -1.39. The molecule has 0 aromatic heterocycles. The molecule has 0 aromatic carbocycles. The van der Waals surface area contributed by atoms with Crippen molar-refractivity contribution in [3.8, 4) is 0 Å². The van der Waals surface area contributed by atoms with Crippen LogP contribution in [-0.2, 0) is 4.79 Å². The fraction of sp³-hybridized carbons (Fsp3) is 0.857. The molecule has 3 N–H and O–H groups in total. The number of aliphatic hydroxyl groups is 2. The highest BCUT2D eigenvalue weighted by Crippen LogP contribution is 2.16. The van der Waals surface area contributed by atoms with E-state index in [4.69, 9.17) is 0 Å². The lowest BCUT2D eigenvalue weighted by molar-refractivity contribution is -0.123. The number of aliphatic hydroxyl groups excluding tert-OH is 2. The van der Waals surface area contributed by atoms with E-state index >= 15 is 0 Å². The number of unbranched alkanes of at least 4 members (excludes halogenated alkanes) is 32. The minimum atomic E-state index is -0.837. The normalized spacial score (nSPS) is 13.2. The van der Waals surface area contributed by atoms with Gasteiger partial charge in [-0.2, -0.15) is 0 Å². The average Bonchev–Trinajstić information content (AvgIpc) is 3.16. The summed E-state index contributed by atoms with van der Waals surface area (Å²) in [4.78, 5) is 12.4. The van der Waals surface area contributed by atoms with Crippen LogP contribution in [0.15, 0.2) is 36.5 Å². The summed E-state index contributed by atoms with van der Waals surface area (Å²) in [5.74, 6) is -0.0629. The van der Waals surface area contributed by atoms with Gasteiger partial charge in [0.25, 0.3) is 0 Å². The van der Waals surface area contributed by atoms with Crippen LogP contribution in [-0.4, -0.2) is 34.9 Å². The minimum Gasteiger partial charge on any atom is -0.394 e. The number of carbonyl (C=O) groups excluding carboxylic acids is 1. The van der Waals surface area contributed by atoms with Crippen molar-refractivity contribution in [3.63, 3.8) is 0 Å². The van der Waals surface area contributed by atoms with Gasteiger partial charge in [0.15, 0.2) is 0 Å². The third-order valence-electron chi connectivity index (χ3n) is 10.9. The number of allylic oxidation sites excluding steroid dienone is 5. The Kier molecular flexibility index (Phi) is 43.8. The van der Waals surface area contributed by atoms with Crippen molar-refractivity contribution >= 4 is 5.91 Å². The largest absolute Gasteiger partial charge is 0.394 e. The molecule has 0 bridgehead atoms. The smallest absolute Gasteiger partial charge is 0.220 e. The first-order chi connectivity index (χ1) is 26.2. The van der Waals surface area contributed by atoms with Gasteiger partial charge in [-0.25, -0.2) is 0 Å². The van der Waals surface area contributed by atoms with Gasteiger partial charge in [-0.15, -0.1) is 0 Å². The molecular formula is C49H93NO3.